The van der Waals surface area contributed by atoms with E-state index in [-0.39, 0.29) is 31.7 Å². The van der Waals surface area contributed by atoms with E-state index in [1.165, 1.54) is 6.07 Å². The van der Waals surface area contributed by atoms with Gasteiger partial charge >= 0.3 is 6.09 Å². The molecule has 0 fully saturated rings. The van der Waals surface area contributed by atoms with Crippen LogP contribution in [0.1, 0.15) is 22.3 Å². The molecule has 0 spiro atoms. The number of carbonyl (C=O) groups is 2. The van der Waals surface area contributed by atoms with Crippen LogP contribution < -0.4 is 4.74 Å². The minimum Gasteiger partial charge on any atom is -0.491 e. The smallest absolute Gasteiger partial charge is 0.407 e. The monoisotopic (exact) mass is 301 g/mol. The molecule has 21 heavy (non-hydrogen) atoms. The number of benzene rings is 1. The van der Waals surface area contributed by atoms with Crippen LogP contribution in [0.5, 0.6) is 5.75 Å². The van der Waals surface area contributed by atoms with Gasteiger partial charge in [0.1, 0.15) is 18.2 Å². The van der Waals surface area contributed by atoms with E-state index < -0.39 is 18.6 Å². The second-order valence-corrected chi connectivity index (χ2v) is 4.36. The van der Waals surface area contributed by atoms with Crippen LogP contribution >= 0.6 is 0 Å². The summed E-state index contributed by atoms with van der Waals surface area (Å²) in [6, 6.07) is 2.49. The molecule has 0 radical (unpaired) electrons. The SMILES string of the molecule is Cc1c(OCCN(CCCF)C(=O)O)ccc(F)c1C=O. The van der Waals surface area contributed by atoms with Crippen LogP contribution in [0.2, 0.25) is 0 Å². The zero-order chi connectivity index (χ0) is 15.8. The molecule has 0 aromatic heterocycles. The van der Waals surface area contributed by atoms with Gasteiger partial charge in [-0.15, -0.1) is 0 Å². The van der Waals surface area contributed by atoms with E-state index in [9.17, 15) is 18.4 Å². The van der Waals surface area contributed by atoms with Gasteiger partial charge in [-0.05, 0) is 25.5 Å². The first-order valence-corrected chi connectivity index (χ1v) is 6.42. The topological polar surface area (TPSA) is 66.8 Å². The number of nitrogens with zero attached hydrogens (tertiary/aromatic N) is 1. The van der Waals surface area contributed by atoms with Crippen molar-refractivity contribution < 1.29 is 28.2 Å². The number of ether oxygens (including phenoxy) is 1. The molecule has 0 saturated heterocycles. The van der Waals surface area contributed by atoms with E-state index in [4.69, 9.17) is 9.84 Å². The number of carbonyl (C=O) groups excluding carboxylic acids is 1. The predicted molar refractivity (Wildman–Crippen MR) is 72.2 cm³/mol. The summed E-state index contributed by atoms with van der Waals surface area (Å²) in [6.45, 7) is 1.12. The third kappa shape index (κ3) is 4.70. The lowest BCUT2D eigenvalue weighted by Crippen LogP contribution is -2.34. The largest absolute Gasteiger partial charge is 0.491 e. The normalized spacial score (nSPS) is 10.2. The van der Waals surface area contributed by atoms with E-state index >= 15 is 0 Å². The number of alkyl halides is 1. The van der Waals surface area contributed by atoms with Gasteiger partial charge in [0.05, 0.1) is 18.8 Å². The molecular weight excluding hydrogens is 284 g/mol. The third-order valence-corrected chi connectivity index (χ3v) is 2.98. The molecule has 0 saturated carbocycles. The number of amides is 1. The summed E-state index contributed by atoms with van der Waals surface area (Å²) >= 11 is 0. The Morgan fingerprint density at radius 2 is 2.14 bits per heavy atom. The molecule has 0 aliphatic heterocycles. The Morgan fingerprint density at radius 1 is 1.43 bits per heavy atom. The van der Waals surface area contributed by atoms with Crippen LogP contribution in [0.3, 0.4) is 0 Å². The zero-order valence-electron chi connectivity index (χ0n) is 11.6. The predicted octanol–water partition coefficient (Wildman–Crippen LogP) is 2.67. The average Bonchev–Trinajstić information content (AvgIpc) is 2.45. The molecule has 0 aliphatic carbocycles. The van der Waals surface area contributed by atoms with Crippen molar-refractivity contribution in [3.05, 3.63) is 29.1 Å². The van der Waals surface area contributed by atoms with E-state index in [2.05, 4.69) is 0 Å². The van der Waals surface area contributed by atoms with Gasteiger partial charge in [0.25, 0.3) is 0 Å². The van der Waals surface area contributed by atoms with Crippen molar-refractivity contribution in [1.29, 1.82) is 0 Å². The highest BCUT2D eigenvalue weighted by Crippen LogP contribution is 2.22. The lowest BCUT2D eigenvalue weighted by atomic mass is 10.1. The second-order valence-electron chi connectivity index (χ2n) is 4.36. The van der Waals surface area contributed by atoms with Crippen molar-refractivity contribution in [2.75, 3.05) is 26.4 Å². The van der Waals surface area contributed by atoms with Crippen molar-refractivity contribution in [3.8, 4) is 5.75 Å². The van der Waals surface area contributed by atoms with Gasteiger partial charge < -0.3 is 14.7 Å². The van der Waals surface area contributed by atoms with E-state index in [1.54, 1.807) is 6.92 Å². The Kier molecular flexibility index (Phi) is 6.58. The maximum absolute atomic E-state index is 13.3. The number of aldehydes is 1. The Balaban J connectivity index is 2.63. The van der Waals surface area contributed by atoms with Crippen LogP contribution in [0.4, 0.5) is 13.6 Å². The van der Waals surface area contributed by atoms with Gasteiger partial charge in [-0.25, -0.2) is 9.18 Å². The summed E-state index contributed by atoms with van der Waals surface area (Å²) < 4.78 is 30.7. The lowest BCUT2D eigenvalue weighted by Gasteiger charge is -2.19. The molecule has 1 amide bonds. The Hall–Kier alpha value is -2.18. The summed E-state index contributed by atoms with van der Waals surface area (Å²) in [4.78, 5) is 22.7. The summed E-state index contributed by atoms with van der Waals surface area (Å²) in [5.74, 6) is -0.320. The molecule has 116 valence electrons. The van der Waals surface area contributed by atoms with Crippen molar-refractivity contribution in [2.45, 2.75) is 13.3 Å². The van der Waals surface area contributed by atoms with Gasteiger partial charge in [-0.2, -0.15) is 0 Å². The highest BCUT2D eigenvalue weighted by atomic mass is 19.1. The van der Waals surface area contributed by atoms with Gasteiger partial charge in [0, 0.05) is 12.1 Å². The van der Waals surface area contributed by atoms with E-state index in [0.717, 1.165) is 11.0 Å². The zero-order valence-corrected chi connectivity index (χ0v) is 11.6. The minimum absolute atomic E-state index is 0.0311. The average molecular weight is 301 g/mol. The van der Waals surface area contributed by atoms with E-state index in [0.29, 0.717) is 17.6 Å². The summed E-state index contributed by atoms with van der Waals surface area (Å²) in [7, 11) is 0. The van der Waals surface area contributed by atoms with Gasteiger partial charge in [0.15, 0.2) is 6.29 Å². The maximum atomic E-state index is 13.3. The van der Waals surface area contributed by atoms with Crippen LogP contribution in [0, 0.1) is 12.7 Å². The molecule has 1 aromatic carbocycles. The van der Waals surface area contributed by atoms with Gasteiger partial charge in [-0.1, -0.05) is 0 Å². The van der Waals surface area contributed by atoms with Gasteiger partial charge in [-0.3, -0.25) is 9.18 Å². The maximum Gasteiger partial charge on any atom is 0.407 e. The molecule has 1 rings (SSSR count). The fourth-order valence-electron chi connectivity index (χ4n) is 1.80. The number of halogens is 2. The molecule has 7 heteroatoms. The van der Waals surface area contributed by atoms with Crippen LogP contribution in [0.25, 0.3) is 0 Å². The van der Waals surface area contributed by atoms with Crippen molar-refractivity contribution in [1.82, 2.24) is 4.90 Å². The quantitative estimate of drug-likeness (QED) is 0.750. The molecular formula is C14H17F2NO4. The highest BCUT2D eigenvalue weighted by Gasteiger charge is 2.13. The fourth-order valence-corrected chi connectivity index (χ4v) is 1.80. The molecule has 1 aromatic rings. The number of hydrogen-bond acceptors (Lipinski definition) is 3. The fraction of sp³-hybridized carbons (Fsp3) is 0.429. The minimum atomic E-state index is -1.16. The first-order valence-electron chi connectivity index (χ1n) is 6.42. The number of rotatable bonds is 8. The molecule has 0 bridgehead atoms. The molecule has 0 aliphatic rings. The highest BCUT2D eigenvalue weighted by molar-refractivity contribution is 5.78. The summed E-state index contributed by atoms with van der Waals surface area (Å²) in [5, 5.41) is 8.92. The molecule has 0 unspecified atom stereocenters. The Morgan fingerprint density at radius 3 is 2.71 bits per heavy atom. The molecule has 5 nitrogen and oxygen atoms in total. The molecule has 0 heterocycles. The van der Waals surface area contributed by atoms with Crippen molar-refractivity contribution in [2.24, 2.45) is 0 Å². The molecule has 0 atom stereocenters. The van der Waals surface area contributed by atoms with Crippen molar-refractivity contribution >= 4 is 12.4 Å². The second kappa shape index (κ2) is 8.18. The standard InChI is InChI=1S/C14H17F2NO4/c1-10-11(9-18)12(16)3-4-13(10)21-8-7-17(14(19)20)6-2-5-15/h3-4,9H,2,5-8H2,1H3,(H,19,20). The summed E-state index contributed by atoms with van der Waals surface area (Å²) in [6.07, 6.45) is -0.629. The summed E-state index contributed by atoms with van der Waals surface area (Å²) in [5.41, 5.74) is 0.274. The Labute approximate surface area is 121 Å². The number of carboxylic acid groups (broad SMARTS) is 1. The first-order chi connectivity index (χ1) is 10.0. The van der Waals surface area contributed by atoms with Crippen LogP contribution in [-0.2, 0) is 0 Å². The number of hydrogen-bond donors (Lipinski definition) is 1. The first kappa shape index (κ1) is 16.9. The van der Waals surface area contributed by atoms with E-state index in [1.807, 2.05) is 0 Å². The lowest BCUT2D eigenvalue weighted by molar-refractivity contribution is 0.111. The van der Waals surface area contributed by atoms with Crippen LogP contribution in [0.15, 0.2) is 12.1 Å². The van der Waals surface area contributed by atoms with Crippen LogP contribution in [-0.4, -0.2) is 48.8 Å². The molecule has 1 N–H and O–H groups in total. The third-order valence-electron chi connectivity index (χ3n) is 2.98. The van der Waals surface area contributed by atoms with Crippen molar-refractivity contribution in [3.63, 3.8) is 0 Å². The Bertz CT molecular complexity index is 508. The van der Waals surface area contributed by atoms with Gasteiger partial charge in [0.2, 0.25) is 0 Å².